The van der Waals surface area contributed by atoms with E-state index in [4.69, 9.17) is 14.9 Å². The van der Waals surface area contributed by atoms with Crippen LogP contribution in [0, 0.1) is 19.3 Å². The van der Waals surface area contributed by atoms with Crippen molar-refractivity contribution in [1.29, 1.82) is 5.41 Å². The van der Waals surface area contributed by atoms with E-state index in [2.05, 4.69) is 19.7 Å². The molecule has 0 bridgehead atoms. The van der Waals surface area contributed by atoms with Crippen molar-refractivity contribution in [2.75, 3.05) is 41.9 Å². The largest absolute Gasteiger partial charge is 0.592 e. The van der Waals surface area contributed by atoms with Gasteiger partial charge in [-0.25, -0.2) is 4.98 Å². The molecule has 0 amide bonds. The van der Waals surface area contributed by atoms with Crippen molar-refractivity contribution in [3.8, 4) is 11.5 Å². The van der Waals surface area contributed by atoms with Crippen molar-refractivity contribution < 1.29 is 28.0 Å². The molecule has 2 N–H and O–H groups in total. The Kier molecular flexibility index (Phi) is 9.61. The van der Waals surface area contributed by atoms with Gasteiger partial charge in [-0.3, -0.25) is 14.6 Å². The number of nitrogens with zero attached hydrogens (tertiary/aromatic N) is 3. The second-order valence-electron chi connectivity index (χ2n) is 9.15. The Hall–Kier alpha value is -3.18. The highest BCUT2D eigenvalue weighted by molar-refractivity contribution is 7.84. The molecule has 0 fully saturated rings. The first kappa shape index (κ1) is 28.1. The van der Waals surface area contributed by atoms with E-state index in [-0.39, 0.29) is 11.9 Å². The number of ether oxygens (including phenoxy) is 3. The summed E-state index contributed by atoms with van der Waals surface area (Å²) in [4.78, 5) is 11.9. The fraction of sp³-hybridized carbons (Fsp3) is 0.458. The minimum Gasteiger partial charge on any atom is -0.592 e. The van der Waals surface area contributed by atoms with Crippen LogP contribution in [0.1, 0.15) is 23.7 Å². The highest BCUT2D eigenvalue weighted by atomic mass is 32.2. The Bertz CT molecular complexity index is 1190. The Balaban J connectivity index is 0.000000334. The van der Waals surface area contributed by atoms with E-state index in [1.165, 1.54) is 0 Å². The van der Waals surface area contributed by atoms with E-state index < -0.39 is 16.9 Å². The SMILES string of the molecule is CC(C[N+](C)(C)C)OC(=N)[O-].COc1ccc2nc(S(=O)Cc3ncc(C)c(OC)c3C)[nH]c2c1. The van der Waals surface area contributed by atoms with Gasteiger partial charge in [-0.1, -0.05) is 0 Å². The van der Waals surface area contributed by atoms with Crippen molar-refractivity contribution in [3.63, 3.8) is 0 Å². The molecule has 35 heavy (non-hydrogen) atoms. The van der Waals surface area contributed by atoms with Crippen LogP contribution in [0.2, 0.25) is 0 Å². The van der Waals surface area contributed by atoms with Crippen molar-refractivity contribution in [2.24, 2.45) is 0 Å². The molecule has 10 nitrogen and oxygen atoms in total. The molecule has 2 unspecified atom stereocenters. The molecule has 0 saturated carbocycles. The number of imidazole rings is 1. The topological polar surface area (TPSA) is 133 Å². The fourth-order valence-electron chi connectivity index (χ4n) is 3.60. The number of fused-ring (bicyclic) bond motifs is 1. The predicted molar refractivity (Wildman–Crippen MR) is 134 cm³/mol. The highest BCUT2D eigenvalue weighted by Gasteiger charge is 2.16. The molecule has 0 aliphatic heterocycles. The van der Waals surface area contributed by atoms with Gasteiger partial charge in [0.2, 0.25) is 0 Å². The van der Waals surface area contributed by atoms with Gasteiger partial charge in [0.05, 0.1) is 81.3 Å². The summed E-state index contributed by atoms with van der Waals surface area (Å²) in [7, 11) is 7.93. The van der Waals surface area contributed by atoms with Crippen molar-refractivity contribution in [3.05, 3.63) is 41.2 Å². The van der Waals surface area contributed by atoms with Gasteiger partial charge in [-0.15, -0.1) is 0 Å². The van der Waals surface area contributed by atoms with Gasteiger partial charge >= 0.3 is 0 Å². The molecule has 0 radical (unpaired) electrons. The molecule has 0 spiro atoms. The third-order valence-electron chi connectivity index (χ3n) is 5.01. The van der Waals surface area contributed by atoms with E-state index in [9.17, 15) is 9.32 Å². The lowest BCUT2D eigenvalue weighted by Crippen LogP contribution is -2.42. The van der Waals surface area contributed by atoms with Gasteiger partial charge in [0, 0.05) is 23.4 Å². The van der Waals surface area contributed by atoms with Crippen LogP contribution in [0.15, 0.2) is 29.6 Å². The monoisotopic (exact) mass is 505 g/mol. The number of methoxy groups -OCH3 is 2. The number of nitrogens with one attached hydrogen (secondary N) is 2. The molecule has 2 atom stereocenters. The number of H-pyrrole nitrogens is 1. The number of pyridine rings is 1. The Morgan fingerprint density at radius 1 is 1.23 bits per heavy atom. The molecule has 0 aliphatic rings. The highest BCUT2D eigenvalue weighted by Crippen LogP contribution is 2.26. The van der Waals surface area contributed by atoms with Crippen LogP contribution in [0.5, 0.6) is 11.5 Å². The number of aromatic nitrogens is 3. The van der Waals surface area contributed by atoms with Gasteiger partial charge in [0.1, 0.15) is 17.6 Å². The minimum atomic E-state index is -1.33. The Labute approximate surface area is 208 Å². The Morgan fingerprint density at radius 2 is 1.91 bits per heavy atom. The van der Waals surface area contributed by atoms with Gasteiger partial charge in [-0.05, 0) is 32.9 Å². The zero-order valence-corrected chi connectivity index (χ0v) is 22.4. The van der Waals surface area contributed by atoms with Gasteiger partial charge in [-0.2, -0.15) is 0 Å². The first-order chi connectivity index (χ1) is 16.3. The fourth-order valence-corrected chi connectivity index (χ4v) is 4.70. The molecule has 1 aromatic carbocycles. The molecule has 192 valence electrons. The van der Waals surface area contributed by atoms with Crippen molar-refractivity contribution in [2.45, 2.75) is 37.8 Å². The Morgan fingerprint density at radius 3 is 2.49 bits per heavy atom. The quantitative estimate of drug-likeness (QED) is 0.273. The molecule has 0 saturated heterocycles. The summed E-state index contributed by atoms with van der Waals surface area (Å²) in [6, 6.07) is 5.50. The maximum absolute atomic E-state index is 12.7. The maximum atomic E-state index is 12.7. The van der Waals surface area contributed by atoms with E-state index in [1.807, 2.05) is 53.2 Å². The van der Waals surface area contributed by atoms with Crippen LogP contribution in [0.4, 0.5) is 0 Å². The lowest BCUT2D eigenvalue weighted by molar-refractivity contribution is -0.873. The molecular formula is C24H35N5O5S. The second kappa shape index (κ2) is 12.0. The maximum Gasteiger partial charge on any atom is 0.197 e. The molecular weight excluding hydrogens is 470 g/mol. The van der Waals surface area contributed by atoms with Gasteiger partial charge < -0.3 is 28.8 Å². The summed E-state index contributed by atoms with van der Waals surface area (Å²) in [6.07, 6.45) is 0.605. The van der Waals surface area contributed by atoms with Crippen LogP contribution in [-0.4, -0.2) is 77.7 Å². The zero-order valence-electron chi connectivity index (χ0n) is 21.6. The van der Waals surface area contributed by atoms with E-state index >= 15 is 0 Å². The number of rotatable bonds is 8. The van der Waals surface area contributed by atoms with E-state index in [0.29, 0.717) is 5.16 Å². The number of quaternary nitrogens is 1. The summed E-state index contributed by atoms with van der Waals surface area (Å²) in [5.41, 5.74) is 4.16. The number of aryl methyl sites for hydroxylation is 1. The van der Waals surface area contributed by atoms with Crippen LogP contribution < -0.4 is 14.6 Å². The molecule has 0 aliphatic carbocycles. The standard InChI is InChI=1S/C17H19N3O3S.C7H16N2O2/c1-10-8-18-15(11(2)16(10)23-4)9-24(21)17-19-13-6-5-12(22-3)7-14(13)20-17;1-6(11-7(8)10)5-9(2,3)4/h5-8H,9H2,1-4H3,(H,19,20);6H,5H2,1-4H3,(H-,8,10). The van der Waals surface area contributed by atoms with Crippen LogP contribution in [0.3, 0.4) is 0 Å². The predicted octanol–water partition coefficient (Wildman–Crippen LogP) is 2.29. The number of likely N-dealkylation sites (N-methyl/N-ethyl adjacent to an activating group) is 1. The first-order valence-electron chi connectivity index (χ1n) is 11.0. The third kappa shape index (κ3) is 8.22. The average molecular weight is 506 g/mol. The molecule has 11 heteroatoms. The lowest BCUT2D eigenvalue weighted by Gasteiger charge is -2.30. The normalized spacial score (nSPS) is 12.9. The summed E-state index contributed by atoms with van der Waals surface area (Å²) in [5, 5.41) is 17.2. The minimum absolute atomic E-state index is 0.181. The third-order valence-corrected chi connectivity index (χ3v) is 6.17. The van der Waals surface area contributed by atoms with E-state index in [0.717, 1.165) is 50.4 Å². The van der Waals surface area contributed by atoms with Crippen LogP contribution in [-0.2, 0) is 21.3 Å². The smallest absolute Gasteiger partial charge is 0.197 e. The van der Waals surface area contributed by atoms with Gasteiger partial charge in [0.15, 0.2) is 5.16 Å². The second-order valence-corrected chi connectivity index (χ2v) is 10.5. The molecule has 3 rings (SSSR count). The average Bonchev–Trinajstić information content (AvgIpc) is 3.18. The summed E-state index contributed by atoms with van der Waals surface area (Å²) >= 11 is 0. The van der Waals surface area contributed by atoms with Crippen LogP contribution >= 0.6 is 0 Å². The summed E-state index contributed by atoms with van der Waals surface area (Å²) in [6.45, 7) is 6.38. The number of hydrogen-bond donors (Lipinski definition) is 2. The summed E-state index contributed by atoms with van der Waals surface area (Å²) in [5.74, 6) is 1.79. The molecule has 3 aromatic rings. The van der Waals surface area contributed by atoms with Crippen molar-refractivity contribution in [1.82, 2.24) is 15.0 Å². The first-order valence-corrected chi connectivity index (χ1v) is 12.3. The van der Waals surface area contributed by atoms with Gasteiger partial charge in [0.25, 0.3) is 0 Å². The van der Waals surface area contributed by atoms with Crippen LogP contribution in [0.25, 0.3) is 11.0 Å². The lowest BCUT2D eigenvalue weighted by atomic mass is 10.1. The zero-order chi connectivity index (χ0) is 26.3. The molecule has 2 heterocycles. The summed E-state index contributed by atoms with van der Waals surface area (Å²) < 4.78 is 28.6. The number of aromatic amines is 1. The number of hydrogen-bond acceptors (Lipinski definition) is 8. The van der Waals surface area contributed by atoms with Crippen molar-refractivity contribution >= 4 is 27.9 Å². The molecule has 2 aromatic heterocycles. The number of benzene rings is 1. The van der Waals surface area contributed by atoms with E-state index in [1.54, 1.807) is 27.3 Å².